The van der Waals surface area contributed by atoms with Gasteiger partial charge in [0.25, 0.3) is 0 Å². The van der Waals surface area contributed by atoms with Crippen molar-refractivity contribution < 1.29 is 4.90 Å². The number of hydrogen-bond acceptors (Lipinski definition) is 5. The minimum absolute atomic E-state index is 0.600. The van der Waals surface area contributed by atoms with Crippen LogP contribution in [0.25, 0.3) is 17.3 Å². The van der Waals surface area contributed by atoms with E-state index >= 15 is 0 Å². The number of quaternary nitrogens is 1. The van der Waals surface area contributed by atoms with Crippen molar-refractivity contribution in [3.8, 4) is 17.3 Å². The number of piperazine rings is 1. The second-order valence-electron chi connectivity index (χ2n) is 6.04. The van der Waals surface area contributed by atoms with Crippen LogP contribution in [0.1, 0.15) is 0 Å². The average Bonchev–Trinajstić information content (AvgIpc) is 3.17. The van der Waals surface area contributed by atoms with E-state index in [-0.39, 0.29) is 0 Å². The van der Waals surface area contributed by atoms with Crippen molar-refractivity contribution in [3.63, 3.8) is 0 Å². The summed E-state index contributed by atoms with van der Waals surface area (Å²) in [7, 11) is 2.22. The third-order valence-electron chi connectivity index (χ3n) is 4.28. The molecule has 0 spiro atoms. The van der Waals surface area contributed by atoms with Crippen LogP contribution < -0.4 is 9.80 Å². The third kappa shape index (κ3) is 2.98. The topological polar surface area (TPSA) is 64.2 Å². The summed E-state index contributed by atoms with van der Waals surface area (Å²) in [4.78, 5) is 21.9. The number of nitrogens with zero attached hydrogens (tertiary/aromatic N) is 6. The molecule has 1 aliphatic rings. The number of imidazole rings is 1. The number of anilines is 1. The molecule has 24 heavy (non-hydrogen) atoms. The molecular weight excluding hydrogens is 302 g/mol. The van der Waals surface area contributed by atoms with E-state index in [4.69, 9.17) is 4.98 Å². The first-order chi connectivity index (χ1) is 11.8. The Morgan fingerprint density at radius 2 is 1.71 bits per heavy atom. The van der Waals surface area contributed by atoms with Crippen LogP contribution >= 0.6 is 0 Å². The number of likely N-dealkylation sites (N-methyl/N-ethyl adjacent to an activating group) is 1. The highest BCUT2D eigenvalue weighted by Gasteiger charge is 2.21. The molecule has 7 heteroatoms. The van der Waals surface area contributed by atoms with Crippen LogP contribution in [0.3, 0.4) is 0 Å². The summed E-state index contributed by atoms with van der Waals surface area (Å²) in [5.41, 5.74) is 0.988. The fourth-order valence-electron chi connectivity index (χ4n) is 2.79. The molecule has 0 aliphatic carbocycles. The molecule has 1 aromatic carbocycles. The van der Waals surface area contributed by atoms with Crippen LogP contribution in [-0.4, -0.2) is 57.7 Å². The summed E-state index contributed by atoms with van der Waals surface area (Å²) < 4.78 is 1.82. The molecule has 0 radical (unpaired) electrons. The van der Waals surface area contributed by atoms with Crippen LogP contribution in [0, 0.1) is 0 Å². The minimum Gasteiger partial charge on any atom is -0.334 e. The summed E-state index contributed by atoms with van der Waals surface area (Å²) in [6.45, 7) is 4.08. The molecule has 4 rings (SSSR count). The zero-order chi connectivity index (χ0) is 16.4. The van der Waals surface area contributed by atoms with Crippen LogP contribution in [0.15, 0.2) is 49.1 Å². The Morgan fingerprint density at radius 1 is 0.958 bits per heavy atom. The molecule has 1 aliphatic heterocycles. The second kappa shape index (κ2) is 6.37. The third-order valence-corrected chi connectivity index (χ3v) is 4.28. The normalized spacial score (nSPS) is 15.6. The van der Waals surface area contributed by atoms with Crippen molar-refractivity contribution >= 4 is 5.95 Å². The van der Waals surface area contributed by atoms with Crippen LogP contribution in [0.2, 0.25) is 0 Å². The predicted octanol–water partition coefficient (Wildman–Crippen LogP) is 0.0590. The Hall–Kier alpha value is -2.80. The maximum Gasteiger partial charge on any atom is 0.240 e. The molecule has 1 N–H and O–H groups in total. The van der Waals surface area contributed by atoms with E-state index in [1.165, 1.54) is 0 Å². The Morgan fingerprint density at radius 3 is 2.42 bits per heavy atom. The van der Waals surface area contributed by atoms with Crippen LogP contribution in [0.4, 0.5) is 5.95 Å². The molecule has 3 heterocycles. The molecular formula is C17H20N7+. The molecule has 0 bridgehead atoms. The van der Waals surface area contributed by atoms with Crippen LogP contribution in [-0.2, 0) is 0 Å². The Kier molecular flexibility index (Phi) is 3.92. The summed E-state index contributed by atoms with van der Waals surface area (Å²) in [6.07, 6.45) is 5.29. The van der Waals surface area contributed by atoms with Gasteiger partial charge in [0.2, 0.25) is 11.9 Å². The Balaban J connectivity index is 1.77. The van der Waals surface area contributed by atoms with Gasteiger partial charge >= 0.3 is 0 Å². The molecule has 122 valence electrons. The lowest BCUT2D eigenvalue weighted by molar-refractivity contribution is -0.880. The molecule has 3 aromatic rings. The number of benzene rings is 1. The van der Waals surface area contributed by atoms with Gasteiger partial charge in [0, 0.05) is 18.0 Å². The number of aromatic nitrogens is 5. The highest BCUT2D eigenvalue weighted by atomic mass is 15.3. The lowest BCUT2D eigenvalue weighted by Crippen LogP contribution is -3.12. The molecule has 2 aromatic heterocycles. The Labute approximate surface area is 140 Å². The highest BCUT2D eigenvalue weighted by Crippen LogP contribution is 2.19. The molecule has 0 unspecified atom stereocenters. The van der Waals surface area contributed by atoms with E-state index in [9.17, 15) is 0 Å². The van der Waals surface area contributed by atoms with Gasteiger partial charge < -0.3 is 9.80 Å². The monoisotopic (exact) mass is 322 g/mol. The van der Waals surface area contributed by atoms with Gasteiger partial charge in [-0.3, -0.25) is 4.57 Å². The van der Waals surface area contributed by atoms with Crippen molar-refractivity contribution in [2.45, 2.75) is 0 Å². The Bertz CT molecular complexity index is 793. The highest BCUT2D eigenvalue weighted by molar-refractivity contribution is 5.57. The molecule has 1 saturated heterocycles. The van der Waals surface area contributed by atoms with Crippen molar-refractivity contribution in [2.75, 3.05) is 38.1 Å². The van der Waals surface area contributed by atoms with Gasteiger partial charge in [-0.05, 0) is 0 Å². The van der Waals surface area contributed by atoms with Crippen molar-refractivity contribution in [1.82, 2.24) is 24.5 Å². The van der Waals surface area contributed by atoms with Crippen molar-refractivity contribution in [1.29, 1.82) is 0 Å². The van der Waals surface area contributed by atoms with E-state index in [1.807, 2.05) is 41.1 Å². The van der Waals surface area contributed by atoms with Gasteiger partial charge in [-0.1, -0.05) is 30.3 Å². The van der Waals surface area contributed by atoms with E-state index in [2.05, 4.69) is 26.9 Å². The van der Waals surface area contributed by atoms with Crippen LogP contribution in [0.5, 0.6) is 0 Å². The maximum atomic E-state index is 4.72. The summed E-state index contributed by atoms with van der Waals surface area (Å²) in [5, 5.41) is 0. The quantitative estimate of drug-likeness (QED) is 0.739. The first-order valence-corrected chi connectivity index (χ1v) is 8.16. The van der Waals surface area contributed by atoms with Gasteiger partial charge in [-0.15, -0.1) is 0 Å². The maximum absolute atomic E-state index is 4.72. The zero-order valence-corrected chi connectivity index (χ0v) is 13.6. The zero-order valence-electron chi connectivity index (χ0n) is 13.6. The van der Waals surface area contributed by atoms with Gasteiger partial charge in [-0.25, -0.2) is 4.98 Å². The number of hydrogen-bond donors (Lipinski definition) is 1. The van der Waals surface area contributed by atoms with E-state index in [0.29, 0.717) is 11.8 Å². The summed E-state index contributed by atoms with van der Waals surface area (Å²) in [5.74, 6) is 2.03. The second-order valence-corrected chi connectivity index (χ2v) is 6.04. The predicted molar refractivity (Wildman–Crippen MR) is 91.2 cm³/mol. The van der Waals surface area contributed by atoms with E-state index in [1.54, 1.807) is 17.4 Å². The SMILES string of the molecule is C[NH+]1CCN(c2nc(-c3ccccc3)nc(-n3ccnc3)n2)CC1. The number of nitrogens with one attached hydrogen (secondary N) is 1. The van der Waals surface area contributed by atoms with Gasteiger partial charge in [0.15, 0.2) is 5.82 Å². The van der Waals surface area contributed by atoms with Gasteiger partial charge in [-0.2, -0.15) is 15.0 Å². The van der Waals surface area contributed by atoms with Gasteiger partial charge in [0.05, 0.1) is 33.2 Å². The minimum atomic E-state index is 0.600. The fourth-order valence-corrected chi connectivity index (χ4v) is 2.79. The molecule has 1 fully saturated rings. The molecule has 0 amide bonds. The first kappa shape index (κ1) is 14.8. The summed E-state index contributed by atoms with van der Waals surface area (Å²) in [6, 6.07) is 10.0. The standard InChI is InChI=1S/C17H19N7/c1-22-9-11-23(12-10-22)16-19-15(14-5-3-2-4-6-14)20-17(21-16)24-8-7-18-13-24/h2-8,13H,9-12H2,1H3/p+1. The smallest absolute Gasteiger partial charge is 0.240 e. The average molecular weight is 322 g/mol. The first-order valence-electron chi connectivity index (χ1n) is 8.16. The fraction of sp³-hybridized carbons (Fsp3) is 0.294. The lowest BCUT2D eigenvalue weighted by atomic mass is 10.2. The van der Waals surface area contributed by atoms with Gasteiger partial charge in [0.1, 0.15) is 6.33 Å². The molecule has 0 atom stereocenters. The summed E-state index contributed by atoms with van der Waals surface area (Å²) >= 11 is 0. The van der Waals surface area contributed by atoms with Crippen molar-refractivity contribution in [2.24, 2.45) is 0 Å². The molecule has 0 saturated carbocycles. The van der Waals surface area contributed by atoms with Crippen molar-refractivity contribution in [3.05, 3.63) is 49.1 Å². The largest absolute Gasteiger partial charge is 0.334 e. The van der Waals surface area contributed by atoms with E-state index in [0.717, 1.165) is 37.7 Å². The lowest BCUT2D eigenvalue weighted by Gasteiger charge is -2.30. The molecule has 7 nitrogen and oxygen atoms in total. The van der Waals surface area contributed by atoms with E-state index < -0.39 is 0 Å². The number of rotatable bonds is 3.